The fourth-order valence-electron chi connectivity index (χ4n) is 1.44. The molecule has 0 saturated heterocycles. The van der Waals surface area contributed by atoms with Gasteiger partial charge in [-0.25, -0.2) is 4.98 Å². The molecule has 0 bridgehead atoms. The number of hydrogen-bond donors (Lipinski definition) is 2. The molecule has 16 heavy (non-hydrogen) atoms. The highest BCUT2D eigenvalue weighted by Crippen LogP contribution is 2.28. The van der Waals surface area contributed by atoms with Crippen molar-refractivity contribution in [2.45, 2.75) is 12.5 Å². The van der Waals surface area contributed by atoms with Crippen molar-refractivity contribution >= 4 is 33.1 Å². The first-order valence-electron chi connectivity index (χ1n) is 4.78. The summed E-state index contributed by atoms with van der Waals surface area (Å²) < 4.78 is 0.991. The Bertz CT molecular complexity index is 486. The maximum Gasteiger partial charge on any atom is 0.126 e. The van der Waals surface area contributed by atoms with Crippen LogP contribution in [-0.4, -0.2) is 10.1 Å². The van der Waals surface area contributed by atoms with Crippen molar-refractivity contribution in [3.05, 3.63) is 44.7 Å². The number of hydrogen-bond acceptors (Lipinski definition) is 4. The molecular formula is C11H11BrN2OS. The Kier molecular flexibility index (Phi) is 3.58. The van der Waals surface area contributed by atoms with E-state index in [0.717, 1.165) is 14.9 Å². The van der Waals surface area contributed by atoms with Gasteiger partial charge in [0.2, 0.25) is 0 Å². The van der Waals surface area contributed by atoms with E-state index in [4.69, 9.17) is 5.73 Å². The van der Waals surface area contributed by atoms with E-state index in [1.165, 1.54) is 11.3 Å². The maximum atomic E-state index is 10.0. The van der Waals surface area contributed by atoms with Crippen LogP contribution >= 0.6 is 27.3 Å². The Hall–Kier alpha value is -0.910. The minimum Gasteiger partial charge on any atom is -0.387 e. The van der Waals surface area contributed by atoms with E-state index in [-0.39, 0.29) is 0 Å². The van der Waals surface area contributed by atoms with E-state index in [9.17, 15) is 5.11 Å². The second-order valence-corrected chi connectivity index (χ2v) is 5.29. The van der Waals surface area contributed by atoms with Gasteiger partial charge >= 0.3 is 0 Å². The summed E-state index contributed by atoms with van der Waals surface area (Å²) in [5, 5.41) is 12.0. The molecule has 2 aromatic heterocycles. The van der Waals surface area contributed by atoms with Gasteiger partial charge in [-0.15, -0.1) is 11.3 Å². The second kappa shape index (κ2) is 4.95. The standard InChI is InChI=1S/C11H11BrN2OS/c12-8-5-10(16-6-8)9(15)4-7-2-1-3-14-11(7)13/h1-3,5-6,9,15H,4H2,(H2,13,14). The summed E-state index contributed by atoms with van der Waals surface area (Å²) >= 11 is 4.89. The van der Waals surface area contributed by atoms with Crippen LogP contribution in [0.2, 0.25) is 0 Å². The number of thiophene rings is 1. The zero-order valence-corrected chi connectivity index (χ0v) is 10.8. The van der Waals surface area contributed by atoms with Crippen LogP contribution in [0.15, 0.2) is 34.2 Å². The second-order valence-electron chi connectivity index (χ2n) is 3.43. The van der Waals surface area contributed by atoms with E-state index >= 15 is 0 Å². The summed E-state index contributed by atoms with van der Waals surface area (Å²) in [7, 11) is 0. The largest absolute Gasteiger partial charge is 0.387 e. The van der Waals surface area contributed by atoms with Gasteiger partial charge in [0, 0.05) is 27.3 Å². The fourth-order valence-corrected chi connectivity index (χ4v) is 2.87. The molecule has 84 valence electrons. The van der Waals surface area contributed by atoms with Gasteiger partial charge in [0.05, 0.1) is 6.10 Å². The van der Waals surface area contributed by atoms with Crippen molar-refractivity contribution in [3.8, 4) is 0 Å². The van der Waals surface area contributed by atoms with Gasteiger partial charge in [-0.2, -0.15) is 0 Å². The summed E-state index contributed by atoms with van der Waals surface area (Å²) in [4.78, 5) is 4.92. The third-order valence-corrected chi connectivity index (χ3v) is 4.05. The molecule has 0 saturated carbocycles. The number of aliphatic hydroxyl groups is 1. The predicted molar refractivity (Wildman–Crippen MR) is 69.3 cm³/mol. The lowest BCUT2D eigenvalue weighted by Gasteiger charge is -2.09. The van der Waals surface area contributed by atoms with Crippen LogP contribution in [0, 0.1) is 0 Å². The van der Waals surface area contributed by atoms with Crippen molar-refractivity contribution in [2.24, 2.45) is 0 Å². The topological polar surface area (TPSA) is 59.1 Å². The molecule has 0 aliphatic carbocycles. The summed E-state index contributed by atoms with van der Waals surface area (Å²) in [6.07, 6.45) is 1.61. The monoisotopic (exact) mass is 298 g/mol. The van der Waals surface area contributed by atoms with Gasteiger partial charge in [0.1, 0.15) is 5.82 Å². The van der Waals surface area contributed by atoms with Crippen molar-refractivity contribution < 1.29 is 5.11 Å². The molecule has 2 heterocycles. The van der Waals surface area contributed by atoms with Gasteiger partial charge in [0.25, 0.3) is 0 Å². The average molecular weight is 299 g/mol. The summed E-state index contributed by atoms with van der Waals surface area (Å²) in [5.74, 6) is 0.483. The van der Waals surface area contributed by atoms with Crippen molar-refractivity contribution in [3.63, 3.8) is 0 Å². The third kappa shape index (κ3) is 2.61. The number of rotatable bonds is 3. The minimum atomic E-state index is -0.525. The van der Waals surface area contributed by atoms with Crippen molar-refractivity contribution in [1.82, 2.24) is 4.98 Å². The van der Waals surface area contributed by atoms with E-state index in [1.807, 2.05) is 23.6 Å². The molecule has 5 heteroatoms. The quantitative estimate of drug-likeness (QED) is 0.916. The van der Waals surface area contributed by atoms with Crippen LogP contribution in [0.4, 0.5) is 5.82 Å². The maximum absolute atomic E-state index is 10.0. The zero-order chi connectivity index (χ0) is 11.5. The molecule has 1 unspecified atom stereocenters. The number of aromatic nitrogens is 1. The van der Waals surface area contributed by atoms with Gasteiger partial charge in [-0.3, -0.25) is 0 Å². The Balaban J connectivity index is 2.13. The van der Waals surface area contributed by atoms with Crippen molar-refractivity contribution in [2.75, 3.05) is 5.73 Å². The van der Waals surface area contributed by atoms with Crippen molar-refractivity contribution in [1.29, 1.82) is 0 Å². The number of halogens is 1. The molecule has 0 fully saturated rings. The molecule has 0 amide bonds. The lowest BCUT2D eigenvalue weighted by Crippen LogP contribution is -2.03. The summed E-state index contributed by atoms with van der Waals surface area (Å²) in [6, 6.07) is 5.62. The Morgan fingerprint density at radius 2 is 2.38 bits per heavy atom. The Morgan fingerprint density at radius 3 is 3.00 bits per heavy atom. The number of anilines is 1. The molecule has 3 nitrogen and oxygen atoms in total. The lowest BCUT2D eigenvalue weighted by atomic mass is 10.1. The molecule has 0 radical (unpaired) electrons. The number of pyridine rings is 1. The number of nitrogen functional groups attached to an aromatic ring is 1. The van der Waals surface area contributed by atoms with E-state index < -0.39 is 6.10 Å². The third-order valence-electron chi connectivity index (χ3n) is 2.26. The van der Waals surface area contributed by atoms with Crippen LogP contribution in [0.3, 0.4) is 0 Å². The van der Waals surface area contributed by atoms with Crippen LogP contribution in [-0.2, 0) is 6.42 Å². The molecule has 1 atom stereocenters. The highest BCUT2D eigenvalue weighted by atomic mass is 79.9. The van der Waals surface area contributed by atoms with E-state index in [2.05, 4.69) is 20.9 Å². The summed E-state index contributed by atoms with van der Waals surface area (Å²) in [5.41, 5.74) is 6.60. The molecule has 2 aromatic rings. The van der Waals surface area contributed by atoms with Crippen LogP contribution in [0.25, 0.3) is 0 Å². The Labute approximate surface area is 106 Å². The number of aliphatic hydroxyl groups excluding tert-OH is 1. The van der Waals surface area contributed by atoms with Gasteiger partial charge in [0.15, 0.2) is 0 Å². The van der Waals surface area contributed by atoms with E-state index in [1.54, 1.807) is 6.20 Å². The highest BCUT2D eigenvalue weighted by Gasteiger charge is 2.12. The van der Waals surface area contributed by atoms with Crippen LogP contribution in [0.1, 0.15) is 16.5 Å². The van der Waals surface area contributed by atoms with Crippen LogP contribution < -0.4 is 5.73 Å². The molecule has 0 aliphatic heterocycles. The zero-order valence-electron chi connectivity index (χ0n) is 8.43. The molecule has 0 spiro atoms. The fraction of sp³-hybridized carbons (Fsp3) is 0.182. The normalized spacial score (nSPS) is 12.6. The van der Waals surface area contributed by atoms with Crippen LogP contribution in [0.5, 0.6) is 0 Å². The summed E-state index contributed by atoms with van der Waals surface area (Å²) in [6.45, 7) is 0. The number of nitrogens with zero attached hydrogens (tertiary/aromatic N) is 1. The molecular weight excluding hydrogens is 288 g/mol. The average Bonchev–Trinajstić information content (AvgIpc) is 2.68. The first kappa shape index (κ1) is 11.6. The molecule has 0 aromatic carbocycles. The van der Waals surface area contributed by atoms with Gasteiger partial charge in [-0.1, -0.05) is 6.07 Å². The van der Waals surface area contributed by atoms with E-state index in [0.29, 0.717) is 12.2 Å². The molecule has 0 aliphatic rings. The molecule has 3 N–H and O–H groups in total. The molecule has 2 rings (SSSR count). The smallest absolute Gasteiger partial charge is 0.126 e. The van der Waals surface area contributed by atoms with Gasteiger partial charge in [-0.05, 0) is 33.6 Å². The highest BCUT2D eigenvalue weighted by molar-refractivity contribution is 9.10. The van der Waals surface area contributed by atoms with Gasteiger partial charge < -0.3 is 10.8 Å². The predicted octanol–water partition coefficient (Wildman–Crippen LogP) is 2.76. The minimum absolute atomic E-state index is 0.483. The first-order chi connectivity index (χ1) is 7.66. The first-order valence-corrected chi connectivity index (χ1v) is 6.45. The number of nitrogens with two attached hydrogens (primary N) is 1. The Morgan fingerprint density at radius 1 is 1.56 bits per heavy atom. The SMILES string of the molecule is Nc1ncccc1CC(O)c1cc(Br)cs1. The lowest BCUT2D eigenvalue weighted by molar-refractivity contribution is 0.182.